The number of carbonyl (C=O) groups excluding carboxylic acids is 1. The molecule has 2 heterocycles. The van der Waals surface area contributed by atoms with Crippen LogP contribution in [0.2, 0.25) is 0 Å². The summed E-state index contributed by atoms with van der Waals surface area (Å²) in [5.41, 5.74) is 2.59. The maximum Gasteiger partial charge on any atom is 0.246 e. The van der Waals surface area contributed by atoms with Gasteiger partial charge in [-0.2, -0.15) is 5.10 Å². The minimum Gasteiger partial charge on any atom is -0.492 e. The number of thioether (sulfide) groups is 1. The first-order chi connectivity index (χ1) is 19.1. The van der Waals surface area contributed by atoms with Crippen LogP contribution in [-0.2, 0) is 15.9 Å². The van der Waals surface area contributed by atoms with Crippen molar-refractivity contribution >= 4 is 76.7 Å². The van der Waals surface area contributed by atoms with Crippen molar-refractivity contribution in [3.8, 4) is 18.1 Å². The Morgan fingerprint density at radius 3 is 2.90 bits per heavy atom. The molecule has 4 rings (SSSR count). The fourth-order valence-electron chi connectivity index (χ4n) is 3.67. The van der Waals surface area contributed by atoms with Crippen LogP contribution in [0.1, 0.15) is 18.9 Å². The highest BCUT2D eigenvalue weighted by Gasteiger charge is 2.16. The molecule has 1 atom stereocenters. The van der Waals surface area contributed by atoms with Gasteiger partial charge in [0.05, 0.1) is 17.8 Å². The summed E-state index contributed by atoms with van der Waals surface area (Å²) in [6, 6.07) is 10.9. The summed E-state index contributed by atoms with van der Waals surface area (Å²) < 4.78 is 19.9. The molecule has 1 unspecified atom stereocenters. The van der Waals surface area contributed by atoms with Crippen LogP contribution in [0.5, 0.6) is 5.75 Å². The SMILES string of the molecule is C#Cc1cccc(Nc2ncnc3cc(OCC)c(NC(=O)Cn4nc(SCCCP(C)(=O)O)sc4=S)cc23)c1. The first-order valence-corrected chi connectivity index (χ1v) is 16.7. The summed E-state index contributed by atoms with van der Waals surface area (Å²) >= 11 is 8.14. The van der Waals surface area contributed by atoms with Crippen LogP contribution < -0.4 is 15.4 Å². The van der Waals surface area contributed by atoms with Crippen LogP contribution in [0.25, 0.3) is 10.9 Å². The zero-order chi connectivity index (χ0) is 28.7. The Labute approximate surface area is 245 Å². The highest BCUT2D eigenvalue weighted by atomic mass is 32.2. The van der Waals surface area contributed by atoms with Crippen LogP contribution >= 0.6 is 42.7 Å². The molecule has 4 aromatic rings. The normalized spacial score (nSPS) is 12.4. The number of anilines is 3. The molecule has 14 heteroatoms. The maximum atomic E-state index is 13.1. The summed E-state index contributed by atoms with van der Waals surface area (Å²) in [5, 5.41) is 11.3. The van der Waals surface area contributed by atoms with Gasteiger partial charge in [-0.05, 0) is 49.8 Å². The molecule has 208 valence electrons. The number of nitrogens with one attached hydrogen (secondary N) is 2. The number of rotatable bonds is 12. The number of hydrogen-bond donors (Lipinski definition) is 3. The minimum atomic E-state index is -3.03. The van der Waals surface area contributed by atoms with Crippen molar-refractivity contribution in [2.75, 3.05) is 35.8 Å². The molecule has 0 radical (unpaired) electrons. The van der Waals surface area contributed by atoms with Crippen molar-refractivity contribution in [3.63, 3.8) is 0 Å². The Hall–Kier alpha value is -3.27. The van der Waals surface area contributed by atoms with E-state index < -0.39 is 7.37 Å². The third-order valence-corrected chi connectivity index (χ3v) is 9.10. The van der Waals surface area contributed by atoms with Gasteiger partial charge in [0.1, 0.15) is 24.4 Å². The van der Waals surface area contributed by atoms with Gasteiger partial charge >= 0.3 is 0 Å². The van der Waals surface area contributed by atoms with Gasteiger partial charge in [-0.15, -0.1) is 6.42 Å². The highest BCUT2D eigenvalue weighted by Crippen LogP contribution is 2.37. The molecule has 40 heavy (non-hydrogen) atoms. The Balaban J connectivity index is 1.52. The van der Waals surface area contributed by atoms with Crippen molar-refractivity contribution in [1.29, 1.82) is 0 Å². The molecular formula is C26H27N6O4PS3. The number of ether oxygens (including phenoxy) is 1. The van der Waals surface area contributed by atoms with Gasteiger partial charge < -0.3 is 20.3 Å². The number of aromatic nitrogens is 4. The van der Waals surface area contributed by atoms with Crippen molar-refractivity contribution in [1.82, 2.24) is 19.7 Å². The van der Waals surface area contributed by atoms with Gasteiger partial charge in [-0.1, -0.05) is 35.1 Å². The van der Waals surface area contributed by atoms with E-state index in [1.165, 1.54) is 40.8 Å². The predicted octanol–water partition coefficient (Wildman–Crippen LogP) is 5.76. The van der Waals surface area contributed by atoms with Crippen LogP contribution in [0.3, 0.4) is 0 Å². The van der Waals surface area contributed by atoms with Crippen molar-refractivity contribution in [3.05, 3.63) is 52.2 Å². The quantitative estimate of drug-likeness (QED) is 0.0595. The third-order valence-electron chi connectivity index (χ3n) is 5.43. The predicted molar refractivity (Wildman–Crippen MR) is 164 cm³/mol. The Morgan fingerprint density at radius 2 is 2.15 bits per heavy atom. The number of hydrogen-bond acceptors (Lipinski definition) is 10. The lowest BCUT2D eigenvalue weighted by atomic mass is 10.1. The molecule has 10 nitrogen and oxygen atoms in total. The highest BCUT2D eigenvalue weighted by molar-refractivity contribution is 8.01. The van der Waals surface area contributed by atoms with E-state index in [1.54, 1.807) is 12.1 Å². The number of carbonyl (C=O) groups is 1. The van der Waals surface area contributed by atoms with Crippen molar-refractivity contribution < 1.29 is 19.0 Å². The van der Waals surface area contributed by atoms with Gasteiger partial charge in [0, 0.05) is 41.3 Å². The third kappa shape index (κ3) is 8.13. The summed E-state index contributed by atoms with van der Waals surface area (Å²) in [6.07, 6.45) is 7.82. The number of amides is 1. The van der Waals surface area contributed by atoms with Gasteiger partial charge in [0.25, 0.3) is 0 Å². The standard InChI is InChI=1S/C26H27N6O4PS3/c1-4-17-8-6-9-18(12-17)29-24-19-13-21(22(36-5-2)14-20(19)27-16-28-24)30-23(33)15-32-26(38)40-25(31-32)39-11-7-10-37(3,34)35/h1,6,8-9,12-14,16H,5,7,10-11,15H2,2-3H3,(H,30,33)(H,34,35)(H,27,28,29). The molecule has 0 bridgehead atoms. The van der Waals surface area contributed by atoms with E-state index in [2.05, 4.69) is 31.6 Å². The monoisotopic (exact) mass is 614 g/mol. The molecule has 0 spiro atoms. The molecule has 1 amide bonds. The molecular weight excluding hydrogens is 587 g/mol. The Morgan fingerprint density at radius 1 is 1.32 bits per heavy atom. The summed E-state index contributed by atoms with van der Waals surface area (Å²) in [7, 11) is -3.03. The second-order valence-electron chi connectivity index (χ2n) is 8.69. The molecule has 0 saturated carbocycles. The van der Waals surface area contributed by atoms with E-state index in [4.69, 9.17) is 23.4 Å². The largest absolute Gasteiger partial charge is 0.492 e. The first kappa shape index (κ1) is 29.7. The van der Waals surface area contributed by atoms with E-state index in [1.807, 2.05) is 31.2 Å². The first-order valence-electron chi connectivity index (χ1n) is 12.2. The van der Waals surface area contributed by atoms with Crippen LogP contribution in [0.15, 0.2) is 47.1 Å². The summed E-state index contributed by atoms with van der Waals surface area (Å²) in [5.74, 6) is 3.93. The molecule has 2 aromatic carbocycles. The minimum absolute atomic E-state index is 0.0877. The molecule has 0 fully saturated rings. The number of fused-ring (bicyclic) bond motifs is 1. The smallest absolute Gasteiger partial charge is 0.246 e. The van der Waals surface area contributed by atoms with Crippen molar-refractivity contribution in [2.24, 2.45) is 0 Å². The van der Waals surface area contributed by atoms with Crippen LogP contribution in [-0.4, -0.2) is 55.7 Å². The summed E-state index contributed by atoms with van der Waals surface area (Å²) in [6.45, 7) is 3.51. The van der Waals surface area contributed by atoms with Crippen molar-refractivity contribution in [2.45, 2.75) is 24.2 Å². The van der Waals surface area contributed by atoms with E-state index in [0.717, 1.165) is 11.3 Å². The zero-order valence-electron chi connectivity index (χ0n) is 21.8. The molecule has 0 saturated heterocycles. The topological polar surface area (TPSA) is 131 Å². The maximum absolute atomic E-state index is 13.1. The molecule has 0 aliphatic rings. The molecule has 3 N–H and O–H groups in total. The summed E-state index contributed by atoms with van der Waals surface area (Å²) in [4.78, 5) is 31.3. The zero-order valence-corrected chi connectivity index (χ0v) is 25.1. The molecule has 0 aliphatic carbocycles. The Bertz CT molecular complexity index is 1680. The lowest BCUT2D eigenvalue weighted by Crippen LogP contribution is -2.20. The average molecular weight is 615 g/mol. The average Bonchev–Trinajstić information content (AvgIpc) is 3.25. The van der Waals surface area contributed by atoms with E-state index >= 15 is 0 Å². The fraction of sp³-hybridized carbons (Fsp3) is 0.269. The van der Waals surface area contributed by atoms with Gasteiger partial charge in [0.15, 0.2) is 15.7 Å². The lowest BCUT2D eigenvalue weighted by Gasteiger charge is -2.15. The van der Waals surface area contributed by atoms with E-state index in [0.29, 0.717) is 55.2 Å². The Kier molecular flexibility index (Phi) is 9.95. The fourth-order valence-corrected chi connectivity index (χ4v) is 6.97. The molecule has 0 aliphatic heterocycles. The van der Waals surface area contributed by atoms with Crippen LogP contribution in [0.4, 0.5) is 17.2 Å². The van der Waals surface area contributed by atoms with Gasteiger partial charge in [-0.3, -0.25) is 9.36 Å². The molecule has 2 aromatic heterocycles. The second-order valence-corrected chi connectivity index (χ2v) is 14.2. The van der Waals surface area contributed by atoms with E-state index in [-0.39, 0.29) is 18.6 Å². The number of terminal acetylenes is 1. The lowest BCUT2D eigenvalue weighted by molar-refractivity contribution is -0.117. The number of nitrogens with zero attached hydrogens (tertiary/aromatic N) is 4. The van der Waals surface area contributed by atoms with E-state index in [9.17, 15) is 14.3 Å². The van der Waals surface area contributed by atoms with Crippen LogP contribution in [0, 0.1) is 16.3 Å². The van der Waals surface area contributed by atoms with Gasteiger partial charge in [-0.25, -0.2) is 14.6 Å². The number of benzene rings is 2. The second kappa shape index (κ2) is 13.4. The van der Waals surface area contributed by atoms with Gasteiger partial charge in [0.2, 0.25) is 5.91 Å².